The van der Waals surface area contributed by atoms with Crippen LogP contribution in [-0.4, -0.2) is 21.4 Å². The highest BCUT2D eigenvalue weighted by atomic mass is 79.9. The molecule has 0 saturated carbocycles. The monoisotopic (exact) mass is 460 g/mol. The van der Waals surface area contributed by atoms with E-state index in [-0.39, 0.29) is 10.8 Å². The number of ether oxygens (including phenoxy) is 1. The number of anilines is 2. The van der Waals surface area contributed by atoms with Gasteiger partial charge in [0.1, 0.15) is 5.75 Å². The third-order valence-electron chi connectivity index (χ3n) is 3.87. The first-order valence-electron chi connectivity index (χ1n) is 8.21. The lowest BCUT2D eigenvalue weighted by molar-refractivity contribution is 0.102. The number of amides is 1. The number of methoxy groups -OCH3 is 1. The SMILES string of the molecule is COc1ccc(C(=O)Nc2ccc(S(=O)(=O)Nc3ccc(Br)cc3)cc2)cc1. The first kappa shape index (κ1) is 19.9. The van der Waals surface area contributed by atoms with Gasteiger partial charge in [-0.3, -0.25) is 9.52 Å². The highest BCUT2D eigenvalue weighted by molar-refractivity contribution is 9.10. The predicted molar refractivity (Wildman–Crippen MR) is 112 cm³/mol. The van der Waals surface area contributed by atoms with Crippen LogP contribution in [0.1, 0.15) is 10.4 Å². The fraction of sp³-hybridized carbons (Fsp3) is 0.0500. The maximum absolute atomic E-state index is 12.5. The fourth-order valence-corrected chi connectivity index (χ4v) is 3.72. The molecule has 2 N–H and O–H groups in total. The van der Waals surface area contributed by atoms with E-state index in [1.165, 1.54) is 24.3 Å². The Balaban J connectivity index is 1.69. The van der Waals surface area contributed by atoms with E-state index in [0.29, 0.717) is 22.7 Å². The number of carbonyl (C=O) groups excluding carboxylic acids is 1. The largest absolute Gasteiger partial charge is 0.497 e. The van der Waals surface area contributed by atoms with Crippen molar-refractivity contribution in [1.29, 1.82) is 0 Å². The van der Waals surface area contributed by atoms with Crippen LogP contribution < -0.4 is 14.8 Å². The minimum absolute atomic E-state index is 0.0952. The standard InChI is InChI=1S/C20H17BrN2O4S/c1-27-18-10-2-14(3-11-18)20(24)22-16-8-12-19(13-9-16)28(25,26)23-17-6-4-15(21)5-7-17/h2-13,23H,1H3,(H,22,24). The number of hydrogen-bond acceptors (Lipinski definition) is 4. The lowest BCUT2D eigenvalue weighted by Gasteiger charge is -2.10. The molecule has 3 rings (SSSR count). The molecule has 3 aromatic carbocycles. The summed E-state index contributed by atoms with van der Waals surface area (Å²) in [7, 11) is -2.17. The predicted octanol–water partition coefficient (Wildman–Crippen LogP) is 4.51. The zero-order valence-corrected chi connectivity index (χ0v) is 17.2. The van der Waals surface area contributed by atoms with Crippen molar-refractivity contribution in [2.45, 2.75) is 4.90 Å². The van der Waals surface area contributed by atoms with Crippen LogP contribution in [0.25, 0.3) is 0 Å². The average Bonchev–Trinajstić information content (AvgIpc) is 2.70. The van der Waals surface area contributed by atoms with Gasteiger partial charge in [0.15, 0.2) is 0 Å². The van der Waals surface area contributed by atoms with E-state index < -0.39 is 10.0 Å². The summed E-state index contributed by atoms with van der Waals surface area (Å²) in [5, 5.41) is 2.73. The maximum Gasteiger partial charge on any atom is 0.261 e. The molecule has 8 heteroatoms. The highest BCUT2D eigenvalue weighted by Gasteiger charge is 2.14. The van der Waals surface area contributed by atoms with E-state index in [2.05, 4.69) is 26.0 Å². The molecule has 3 aromatic rings. The van der Waals surface area contributed by atoms with Gasteiger partial charge in [0, 0.05) is 21.4 Å². The lowest BCUT2D eigenvalue weighted by atomic mass is 10.2. The molecule has 0 unspecified atom stereocenters. The zero-order chi connectivity index (χ0) is 20.1. The van der Waals surface area contributed by atoms with Gasteiger partial charge < -0.3 is 10.1 Å². The van der Waals surface area contributed by atoms with Crippen molar-refractivity contribution in [3.63, 3.8) is 0 Å². The van der Waals surface area contributed by atoms with E-state index >= 15 is 0 Å². The van der Waals surface area contributed by atoms with Crippen LogP contribution >= 0.6 is 15.9 Å². The Bertz CT molecular complexity index is 1060. The molecule has 0 saturated heterocycles. The van der Waals surface area contributed by atoms with E-state index in [4.69, 9.17) is 4.74 Å². The second-order valence-corrected chi connectivity index (χ2v) is 8.42. The molecular weight excluding hydrogens is 444 g/mol. The molecule has 0 atom stereocenters. The summed E-state index contributed by atoms with van der Waals surface area (Å²) in [4.78, 5) is 12.4. The Morgan fingerprint density at radius 3 is 2.00 bits per heavy atom. The Kier molecular flexibility index (Phi) is 6.01. The van der Waals surface area contributed by atoms with Crippen LogP contribution in [0.5, 0.6) is 5.75 Å². The molecule has 6 nitrogen and oxygen atoms in total. The Morgan fingerprint density at radius 1 is 0.857 bits per heavy atom. The Labute approximate surface area is 171 Å². The van der Waals surface area contributed by atoms with E-state index in [1.54, 1.807) is 55.6 Å². The normalized spacial score (nSPS) is 10.9. The van der Waals surface area contributed by atoms with Gasteiger partial charge in [-0.1, -0.05) is 15.9 Å². The molecule has 144 valence electrons. The summed E-state index contributed by atoms with van der Waals surface area (Å²) in [5.74, 6) is 0.357. The van der Waals surface area contributed by atoms with Crippen molar-refractivity contribution in [3.8, 4) is 5.75 Å². The summed E-state index contributed by atoms with van der Waals surface area (Å²) < 4.78 is 33.4. The second kappa shape index (κ2) is 8.45. The van der Waals surface area contributed by atoms with Crippen LogP contribution in [-0.2, 0) is 10.0 Å². The molecule has 0 bridgehead atoms. The van der Waals surface area contributed by atoms with Crippen LogP contribution in [0.15, 0.2) is 82.2 Å². The van der Waals surface area contributed by atoms with E-state index in [0.717, 1.165) is 4.47 Å². The molecule has 0 radical (unpaired) electrons. The molecule has 0 aliphatic heterocycles. The third-order valence-corrected chi connectivity index (χ3v) is 5.80. The van der Waals surface area contributed by atoms with Gasteiger partial charge in [0.2, 0.25) is 0 Å². The summed E-state index contributed by atoms with van der Waals surface area (Å²) in [5.41, 5.74) is 1.41. The second-order valence-electron chi connectivity index (χ2n) is 5.82. The molecule has 0 aliphatic rings. The van der Waals surface area contributed by atoms with E-state index in [9.17, 15) is 13.2 Å². The number of hydrogen-bond donors (Lipinski definition) is 2. The summed E-state index contributed by atoms with van der Waals surface area (Å²) in [6, 6.07) is 19.4. The Hall–Kier alpha value is -2.84. The first-order chi connectivity index (χ1) is 13.4. The smallest absolute Gasteiger partial charge is 0.261 e. The van der Waals surface area contributed by atoms with Gasteiger partial charge in [-0.25, -0.2) is 8.42 Å². The summed E-state index contributed by atoms with van der Waals surface area (Å²) in [6.07, 6.45) is 0. The van der Waals surface area contributed by atoms with Crippen molar-refractivity contribution in [1.82, 2.24) is 0 Å². The van der Waals surface area contributed by atoms with Crippen molar-refractivity contribution in [2.75, 3.05) is 17.1 Å². The minimum Gasteiger partial charge on any atom is -0.497 e. The van der Waals surface area contributed by atoms with Crippen molar-refractivity contribution >= 4 is 43.2 Å². The van der Waals surface area contributed by atoms with Crippen LogP contribution in [0.3, 0.4) is 0 Å². The molecule has 0 aromatic heterocycles. The number of rotatable bonds is 6. The van der Waals surface area contributed by atoms with Crippen molar-refractivity contribution in [2.24, 2.45) is 0 Å². The van der Waals surface area contributed by atoms with Crippen molar-refractivity contribution < 1.29 is 17.9 Å². The number of benzene rings is 3. The number of halogens is 1. The van der Waals surface area contributed by atoms with Gasteiger partial charge in [0.05, 0.1) is 12.0 Å². The Morgan fingerprint density at radius 2 is 1.43 bits per heavy atom. The molecule has 0 aliphatic carbocycles. The summed E-state index contributed by atoms with van der Waals surface area (Å²) >= 11 is 3.30. The topological polar surface area (TPSA) is 84.5 Å². The van der Waals surface area contributed by atoms with E-state index in [1.807, 2.05) is 0 Å². The first-order valence-corrected chi connectivity index (χ1v) is 10.5. The third kappa shape index (κ3) is 4.90. The molecule has 0 heterocycles. The number of sulfonamides is 1. The molecular formula is C20H17BrN2O4S. The fourth-order valence-electron chi connectivity index (χ4n) is 2.40. The van der Waals surface area contributed by atoms with Gasteiger partial charge >= 0.3 is 0 Å². The molecule has 1 amide bonds. The van der Waals surface area contributed by atoms with Crippen LogP contribution in [0, 0.1) is 0 Å². The molecule has 0 fully saturated rings. The van der Waals surface area contributed by atoms with Crippen LogP contribution in [0.4, 0.5) is 11.4 Å². The van der Waals surface area contributed by atoms with Gasteiger partial charge in [0.25, 0.3) is 15.9 Å². The van der Waals surface area contributed by atoms with Crippen molar-refractivity contribution in [3.05, 3.63) is 82.8 Å². The number of nitrogens with one attached hydrogen (secondary N) is 2. The van der Waals surface area contributed by atoms with Gasteiger partial charge in [-0.2, -0.15) is 0 Å². The average molecular weight is 461 g/mol. The quantitative estimate of drug-likeness (QED) is 0.566. The minimum atomic E-state index is -3.72. The van der Waals surface area contributed by atoms with Crippen LogP contribution in [0.2, 0.25) is 0 Å². The zero-order valence-electron chi connectivity index (χ0n) is 14.8. The highest BCUT2D eigenvalue weighted by Crippen LogP contribution is 2.20. The molecule has 28 heavy (non-hydrogen) atoms. The maximum atomic E-state index is 12.5. The molecule has 0 spiro atoms. The van der Waals surface area contributed by atoms with Gasteiger partial charge in [-0.15, -0.1) is 0 Å². The lowest BCUT2D eigenvalue weighted by Crippen LogP contribution is -2.14. The summed E-state index contributed by atoms with van der Waals surface area (Å²) in [6.45, 7) is 0. The number of carbonyl (C=O) groups is 1. The van der Waals surface area contributed by atoms with Gasteiger partial charge in [-0.05, 0) is 72.8 Å².